The molecule has 0 saturated carbocycles. The van der Waals surface area contributed by atoms with Crippen molar-refractivity contribution in [3.05, 3.63) is 57.5 Å². The normalized spacial score (nSPS) is 14.4. The molecule has 0 N–H and O–H groups in total. The number of aromatic nitrogens is 2. The summed E-state index contributed by atoms with van der Waals surface area (Å²) in [6.45, 7) is 39.1. The number of hydrogen-bond acceptors (Lipinski definition) is 16. The number of amidine groups is 4. The summed E-state index contributed by atoms with van der Waals surface area (Å²) in [6.07, 6.45) is 10.3. The summed E-state index contributed by atoms with van der Waals surface area (Å²) in [5.41, 5.74) is 4.31. The lowest BCUT2D eigenvalue weighted by Gasteiger charge is -2.40. The molecule has 0 unspecified atom stereocenters. The third-order valence-electron chi connectivity index (χ3n) is 18.1. The maximum absolute atomic E-state index is 14.1. The first kappa shape index (κ1) is 77.4. The van der Waals surface area contributed by atoms with Crippen molar-refractivity contribution in [1.29, 1.82) is 0 Å². The fourth-order valence-electron chi connectivity index (χ4n) is 14.4. The van der Waals surface area contributed by atoms with E-state index in [1.54, 1.807) is 47.0 Å². The van der Waals surface area contributed by atoms with Gasteiger partial charge in [0.25, 0.3) is 23.3 Å². The second kappa shape index (κ2) is 35.0. The second-order valence-electron chi connectivity index (χ2n) is 27.9. The number of aliphatic imine (C=N–C) groups is 2. The summed E-state index contributed by atoms with van der Waals surface area (Å²) in [5.74, 6) is 7.82. The summed E-state index contributed by atoms with van der Waals surface area (Å²) >= 11 is 6.82. The summed E-state index contributed by atoms with van der Waals surface area (Å²) < 4.78 is 37.2. The van der Waals surface area contributed by atoms with Crippen LogP contribution in [0.25, 0.3) is 0 Å². The molecule has 4 amide bonds. The number of carbonyl (C=O) groups excluding carboxylic acids is 4. The summed E-state index contributed by atoms with van der Waals surface area (Å²) in [6, 6.07) is 8.02. The molecule has 0 bridgehead atoms. The van der Waals surface area contributed by atoms with E-state index in [0.717, 1.165) is 146 Å². The van der Waals surface area contributed by atoms with Crippen LogP contribution in [0.15, 0.2) is 63.8 Å². The van der Waals surface area contributed by atoms with E-state index in [-0.39, 0.29) is 48.0 Å². The van der Waals surface area contributed by atoms with E-state index in [2.05, 4.69) is 73.7 Å². The first-order valence-corrected chi connectivity index (χ1v) is 41.9. The molecular formula is C77H112N12O8S4+2. The molecule has 101 heavy (non-hydrogen) atoms. The van der Waals surface area contributed by atoms with Gasteiger partial charge in [-0.05, 0) is 180 Å². The topological polar surface area (TPSA) is 183 Å². The van der Waals surface area contributed by atoms with Gasteiger partial charge in [-0.2, -0.15) is 9.13 Å². The van der Waals surface area contributed by atoms with Crippen molar-refractivity contribution in [1.82, 2.24) is 28.7 Å². The number of rotatable bonds is 44. The van der Waals surface area contributed by atoms with E-state index in [1.165, 1.54) is 0 Å². The Balaban J connectivity index is 1.31. The number of fused-ring (bicyclic) bond motifs is 6. The molecule has 4 aromatic rings. The van der Waals surface area contributed by atoms with Crippen LogP contribution in [-0.4, -0.2) is 185 Å². The average molecular weight is 1460 g/mol. The van der Waals surface area contributed by atoms with Crippen LogP contribution in [0.1, 0.15) is 236 Å². The van der Waals surface area contributed by atoms with Crippen molar-refractivity contribution in [3.63, 3.8) is 0 Å². The zero-order valence-corrected chi connectivity index (χ0v) is 66.4. The van der Waals surface area contributed by atoms with Crippen molar-refractivity contribution < 1.29 is 47.3 Å². The predicted octanol–water partition coefficient (Wildman–Crippen LogP) is 14.6. The number of nitrogens with zero attached hydrogens (tertiary/aromatic N) is 12. The molecule has 0 saturated heterocycles. The molecular weight excluding hydrogens is 1350 g/mol. The highest BCUT2D eigenvalue weighted by Crippen LogP contribution is 2.59. The van der Waals surface area contributed by atoms with Gasteiger partial charge in [-0.1, -0.05) is 75.4 Å². The van der Waals surface area contributed by atoms with Gasteiger partial charge in [-0.25, -0.2) is 0 Å². The lowest BCUT2D eigenvalue weighted by molar-refractivity contribution is -0.790. The summed E-state index contributed by atoms with van der Waals surface area (Å²) in [5, 5.41) is 0. The van der Waals surface area contributed by atoms with Gasteiger partial charge < -0.3 is 38.5 Å². The molecule has 6 aliphatic rings. The van der Waals surface area contributed by atoms with Crippen LogP contribution < -0.4 is 29.9 Å². The molecule has 8 heterocycles. The van der Waals surface area contributed by atoms with Crippen LogP contribution in [0, 0.1) is 0 Å². The maximum atomic E-state index is 14.1. The van der Waals surface area contributed by atoms with Crippen LogP contribution in [0.2, 0.25) is 0 Å². The Bertz CT molecular complexity index is 3710. The Morgan fingerprint density at radius 3 is 0.901 bits per heavy atom. The highest BCUT2D eigenvalue weighted by atomic mass is 32.2. The van der Waals surface area contributed by atoms with Crippen molar-refractivity contribution >= 4 is 106 Å². The van der Waals surface area contributed by atoms with Crippen LogP contribution in [-0.2, 0) is 25.1 Å². The van der Waals surface area contributed by atoms with Gasteiger partial charge in [0.2, 0.25) is 46.2 Å². The molecule has 2 aromatic carbocycles. The van der Waals surface area contributed by atoms with Crippen molar-refractivity contribution in [2.24, 2.45) is 20.0 Å². The quantitative estimate of drug-likeness (QED) is 0.0232. The molecule has 10 rings (SSSR count). The lowest BCUT2D eigenvalue weighted by Crippen LogP contribution is -2.71. The molecule has 0 fully saturated rings. The first-order valence-electron chi connectivity index (χ1n) is 38.0. The van der Waals surface area contributed by atoms with Crippen molar-refractivity contribution in [2.45, 2.75) is 263 Å². The number of ether oxygens (including phenoxy) is 4. The van der Waals surface area contributed by atoms with Gasteiger partial charge in [0.05, 0.1) is 44.0 Å². The van der Waals surface area contributed by atoms with E-state index in [9.17, 15) is 19.2 Å². The molecule has 1 spiro atoms. The second-order valence-corrected chi connectivity index (χ2v) is 32.3. The van der Waals surface area contributed by atoms with Crippen LogP contribution in [0.4, 0.5) is 11.6 Å². The molecule has 0 aliphatic carbocycles. The molecule has 2 aromatic heterocycles. The van der Waals surface area contributed by atoms with Crippen LogP contribution in [0.3, 0.4) is 0 Å². The van der Waals surface area contributed by atoms with E-state index >= 15 is 0 Å². The van der Waals surface area contributed by atoms with Gasteiger partial charge in [0.15, 0.2) is 0 Å². The van der Waals surface area contributed by atoms with E-state index in [4.69, 9.17) is 38.9 Å². The SMILES string of the molecule is CCCN(CCC)C(=O)CCCSc1c(SCCCC(=O)N(CCC)CCC)c2n3c1N=C1c4c(OC(C)C)ccc(OC(C)C)c4C4=[N+]1C31n3c(c(SCCCC(=O)N(CCC)CCC)c(SCCCC(=O)N(CCC)CCC)c3=NC3=[N+]1C(=N2)c1c(OC(C)C)ccc(OC(C)C)c13)=N4. The molecule has 0 radical (unpaired) electrons. The smallest absolute Gasteiger partial charge is 0.404 e. The maximum Gasteiger partial charge on any atom is 0.404 e. The summed E-state index contributed by atoms with van der Waals surface area (Å²) in [7, 11) is 0. The predicted molar refractivity (Wildman–Crippen MR) is 410 cm³/mol. The fraction of sp³-hybridized carbons (Fsp3) is 0.636. The highest BCUT2D eigenvalue weighted by Gasteiger charge is 2.71. The first-order chi connectivity index (χ1) is 48.8. The van der Waals surface area contributed by atoms with Gasteiger partial charge >= 0.3 is 5.91 Å². The molecule has 0 atom stereocenters. The van der Waals surface area contributed by atoms with E-state index < -0.39 is 5.91 Å². The number of benzene rings is 2. The molecule has 24 heteroatoms. The lowest BCUT2D eigenvalue weighted by atomic mass is 10.0. The zero-order chi connectivity index (χ0) is 72.4. The van der Waals surface area contributed by atoms with Gasteiger partial charge in [0, 0.05) is 78.0 Å². The largest absolute Gasteiger partial charge is 0.490 e. The van der Waals surface area contributed by atoms with Gasteiger partial charge in [-0.3, -0.25) is 19.2 Å². The minimum Gasteiger partial charge on any atom is -0.490 e. The Kier molecular flexibility index (Phi) is 26.8. The van der Waals surface area contributed by atoms with Crippen molar-refractivity contribution in [3.8, 4) is 23.0 Å². The fourth-order valence-corrected chi connectivity index (χ4v) is 19.0. The Morgan fingerprint density at radius 2 is 0.644 bits per heavy atom. The minimum absolute atomic E-state index is 0.160. The average Bonchev–Trinajstić information content (AvgIpc) is 1.47. The van der Waals surface area contributed by atoms with Crippen molar-refractivity contribution in [2.75, 3.05) is 75.4 Å². The van der Waals surface area contributed by atoms with Crippen LogP contribution in [0.5, 0.6) is 23.0 Å². The number of hydrogen-bond donors (Lipinski definition) is 0. The van der Waals surface area contributed by atoms with E-state index in [1.807, 2.05) is 99.3 Å². The van der Waals surface area contributed by atoms with Crippen LogP contribution >= 0.6 is 47.0 Å². The third-order valence-corrected chi connectivity index (χ3v) is 23.0. The minimum atomic E-state index is -1.52. The molecule has 550 valence electrons. The Labute approximate surface area is 617 Å². The number of carbonyl (C=O) groups is 4. The standard InChI is InChI=1S/C77H112N12O8S4/c1-17-37-82(38-18-2)57(90)29-25-45-98-65-66(99-46-26-30-58(91)83(39-19-3)40-20-4)74-79-70-63-55(96-51(13)14)35-36-56(97-52(15)16)64(63)72-81-76-68(101-48-28-32-60(93)85(43-23-7)44-24-8)67(100-47-27-31-59(92)84(41-21-5)42-22-6)75-80-71-62-54(95-50(11)12)34-33-53(94-49(9)10)61(62)69-78-73(65)88(74)77(86(69)71,87(70)72)89(75)76/h33-36,49-52H,17-32,37-48H2,1-16H3/q+2. The highest BCUT2D eigenvalue weighted by molar-refractivity contribution is 8.02. The van der Waals surface area contributed by atoms with E-state index in [0.29, 0.717) is 143 Å². The van der Waals surface area contributed by atoms with Gasteiger partial charge in [-0.15, -0.1) is 56.2 Å². The molecule has 6 aliphatic heterocycles. The zero-order valence-electron chi connectivity index (χ0n) is 63.2. The summed E-state index contributed by atoms with van der Waals surface area (Å²) in [4.78, 5) is 92.4. The number of thioether (sulfide) groups is 4. The Hall–Kier alpha value is -6.24. The monoisotopic (exact) mass is 1460 g/mol. The Morgan fingerprint density at radius 1 is 0.386 bits per heavy atom. The van der Waals surface area contributed by atoms with Gasteiger partial charge in [0.1, 0.15) is 45.3 Å². The third kappa shape index (κ3) is 15.8. The number of amides is 4. The molecule has 20 nitrogen and oxygen atoms in total.